The van der Waals surface area contributed by atoms with Crippen molar-refractivity contribution in [1.82, 2.24) is 14.8 Å². The van der Waals surface area contributed by atoms with E-state index < -0.39 is 11.7 Å². The van der Waals surface area contributed by atoms with Gasteiger partial charge in [-0.05, 0) is 43.0 Å². The SMILES string of the molecule is Cc1cc2c(nc1C(N)=O)c(CC(C)C)nn2-c1ccc(Cl)c(F)c1. The number of nitrogens with two attached hydrogens (primary N) is 1. The summed E-state index contributed by atoms with van der Waals surface area (Å²) in [6, 6.07) is 6.30. The van der Waals surface area contributed by atoms with Crippen LogP contribution >= 0.6 is 11.6 Å². The Balaban J connectivity index is 2.29. The molecule has 2 N–H and O–H groups in total. The molecule has 0 fully saturated rings. The number of nitrogens with zero attached hydrogens (tertiary/aromatic N) is 3. The lowest BCUT2D eigenvalue weighted by Crippen LogP contribution is -2.15. The van der Waals surface area contributed by atoms with Crippen LogP contribution in [0.1, 0.15) is 35.6 Å². The molecule has 0 aliphatic heterocycles. The summed E-state index contributed by atoms with van der Waals surface area (Å²) in [5, 5.41) is 4.65. The number of hydrogen-bond acceptors (Lipinski definition) is 3. The minimum absolute atomic E-state index is 0.0490. The molecule has 0 saturated heterocycles. The van der Waals surface area contributed by atoms with Crippen LogP contribution in [0.3, 0.4) is 0 Å². The number of aromatic nitrogens is 3. The summed E-state index contributed by atoms with van der Waals surface area (Å²) in [6.45, 7) is 5.89. The summed E-state index contributed by atoms with van der Waals surface area (Å²) in [5.41, 5.74) is 8.86. The second-order valence-corrected chi connectivity index (χ2v) is 6.85. The molecule has 0 aliphatic carbocycles. The highest BCUT2D eigenvalue weighted by Crippen LogP contribution is 2.26. The third-order valence-corrected chi connectivity index (χ3v) is 4.20. The highest BCUT2D eigenvalue weighted by molar-refractivity contribution is 6.30. The van der Waals surface area contributed by atoms with Gasteiger partial charge in [-0.3, -0.25) is 4.79 Å². The summed E-state index contributed by atoms with van der Waals surface area (Å²) in [7, 11) is 0. The third-order valence-electron chi connectivity index (χ3n) is 3.90. The molecule has 3 aromatic rings. The summed E-state index contributed by atoms with van der Waals surface area (Å²) in [6.07, 6.45) is 0.674. The van der Waals surface area contributed by atoms with E-state index in [1.54, 1.807) is 23.7 Å². The van der Waals surface area contributed by atoms with Crippen LogP contribution in [0.4, 0.5) is 4.39 Å². The number of carbonyl (C=O) groups excluding carboxylic acids is 1. The van der Waals surface area contributed by atoms with Gasteiger partial charge in [-0.1, -0.05) is 25.4 Å². The maximum Gasteiger partial charge on any atom is 0.267 e. The predicted octanol–water partition coefficient (Wildman–Crippen LogP) is 3.82. The zero-order valence-corrected chi connectivity index (χ0v) is 14.9. The predicted molar refractivity (Wildman–Crippen MR) is 95.6 cm³/mol. The van der Waals surface area contributed by atoms with Gasteiger partial charge in [0.05, 0.1) is 21.9 Å². The Hall–Kier alpha value is -2.47. The minimum atomic E-state index is -0.583. The van der Waals surface area contributed by atoms with Gasteiger partial charge in [0.1, 0.15) is 17.0 Å². The van der Waals surface area contributed by atoms with Crippen LogP contribution in [0.25, 0.3) is 16.7 Å². The molecule has 0 bridgehead atoms. The Morgan fingerprint density at radius 3 is 2.68 bits per heavy atom. The molecule has 0 spiro atoms. The highest BCUT2D eigenvalue weighted by Gasteiger charge is 2.19. The zero-order valence-electron chi connectivity index (χ0n) is 14.2. The molecule has 0 atom stereocenters. The lowest BCUT2D eigenvalue weighted by molar-refractivity contribution is 0.0995. The summed E-state index contributed by atoms with van der Waals surface area (Å²) in [5.74, 6) is -0.763. The molecule has 3 rings (SSSR count). The number of carbonyl (C=O) groups is 1. The van der Waals surface area contributed by atoms with Crippen molar-refractivity contribution in [2.24, 2.45) is 11.7 Å². The van der Waals surface area contributed by atoms with E-state index in [0.29, 0.717) is 34.6 Å². The van der Waals surface area contributed by atoms with Crippen LogP contribution in [-0.2, 0) is 6.42 Å². The molecule has 25 heavy (non-hydrogen) atoms. The first-order chi connectivity index (χ1) is 11.8. The number of halogens is 2. The van der Waals surface area contributed by atoms with Crippen molar-refractivity contribution >= 4 is 28.5 Å². The van der Waals surface area contributed by atoms with Crippen LogP contribution in [0.2, 0.25) is 5.02 Å². The quantitative estimate of drug-likeness (QED) is 0.768. The second kappa shape index (κ2) is 6.44. The van der Waals surface area contributed by atoms with E-state index in [1.165, 1.54) is 12.1 Å². The molecule has 2 aromatic heterocycles. The van der Waals surface area contributed by atoms with Crippen molar-refractivity contribution in [2.75, 3.05) is 0 Å². The van der Waals surface area contributed by atoms with Crippen LogP contribution < -0.4 is 5.73 Å². The number of amides is 1. The second-order valence-electron chi connectivity index (χ2n) is 6.44. The first-order valence-electron chi connectivity index (χ1n) is 7.92. The Morgan fingerprint density at radius 2 is 2.08 bits per heavy atom. The molecule has 0 unspecified atom stereocenters. The fraction of sp³-hybridized carbons (Fsp3) is 0.278. The van der Waals surface area contributed by atoms with E-state index >= 15 is 0 Å². The van der Waals surface area contributed by atoms with Crippen molar-refractivity contribution in [2.45, 2.75) is 27.2 Å². The normalized spacial score (nSPS) is 11.4. The monoisotopic (exact) mass is 360 g/mol. The Labute approximate surface area is 149 Å². The average molecular weight is 361 g/mol. The van der Waals surface area contributed by atoms with Crippen LogP contribution in [-0.4, -0.2) is 20.7 Å². The van der Waals surface area contributed by atoms with Gasteiger partial charge in [-0.2, -0.15) is 5.10 Å². The molecule has 5 nitrogen and oxygen atoms in total. The van der Waals surface area contributed by atoms with Crippen LogP contribution in [0.15, 0.2) is 24.3 Å². The summed E-state index contributed by atoms with van der Waals surface area (Å²) < 4.78 is 15.5. The fourth-order valence-electron chi connectivity index (χ4n) is 2.78. The molecular formula is C18H18ClFN4O. The standard InChI is InChI=1S/C18H18ClFN4O/c1-9(2)6-14-17-15(7-10(3)16(22-17)18(21)25)24(23-14)11-4-5-12(19)13(20)8-11/h4-5,7-9H,6H2,1-3H3,(H2,21,25). The molecule has 130 valence electrons. The molecule has 1 amide bonds. The fourth-order valence-corrected chi connectivity index (χ4v) is 2.90. The van der Waals surface area contributed by atoms with Crippen molar-refractivity contribution in [3.63, 3.8) is 0 Å². The van der Waals surface area contributed by atoms with Gasteiger partial charge in [0, 0.05) is 6.07 Å². The summed E-state index contributed by atoms with van der Waals surface area (Å²) in [4.78, 5) is 16.1. The van der Waals surface area contributed by atoms with E-state index in [-0.39, 0.29) is 10.7 Å². The highest BCUT2D eigenvalue weighted by atomic mass is 35.5. The minimum Gasteiger partial charge on any atom is -0.364 e. The first kappa shape index (κ1) is 17.4. The van der Waals surface area contributed by atoms with Gasteiger partial charge in [0.25, 0.3) is 5.91 Å². The molecule has 0 aliphatic rings. The van der Waals surface area contributed by atoms with Gasteiger partial charge < -0.3 is 5.73 Å². The van der Waals surface area contributed by atoms with Gasteiger partial charge in [-0.25, -0.2) is 14.1 Å². The smallest absolute Gasteiger partial charge is 0.267 e. The lowest BCUT2D eigenvalue weighted by atomic mass is 10.1. The topological polar surface area (TPSA) is 73.8 Å². The zero-order chi connectivity index (χ0) is 18.3. The van der Waals surface area contributed by atoms with E-state index in [0.717, 1.165) is 5.69 Å². The molecular weight excluding hydrogens is 343 g/mol. The Kier molecular flexibility index (Phi) is 4.47. The average Bonchev–Trinajstić information content (AvgIpc) is 2.86. The number of hydrogen-bond donors (Lipinski definition) is 1. The van der Waals surface area contributed by atoms with Crippen molar-refractivity contribution < 1.29 is 9.18 Å². The van der Waals surface area contributed by atoms with Gasteiger partial charge in [0.15, 0.2) is 0 Å². The largest absolute Gasteiger partial charge is 0.364 e. The maximum absolute atomic E-state index is 13.9. The number of fused-ring (bicyclic) bond motifs is 1. The van der Waals surface area contributed by atoms with Crippen molar-refractivity contribution in [3.8, 4) is 5.69 Å². The Bertz CT molecular complexity index is 981. The van der Waals surface area contributed by atoms with Gasteiger partial charge in [0.2, 0.25) is 0 Å². The van der Waals surface area contributed by atoms with E-state index in [2.05, 4.69) is 23.9 Å². The van der Waals surface area contributed by atoms with Crippen LogP contribution in [0.5, 0.6) is 0 Å². The molecule has 0 saturated carbocycles. The van der Waals surface area contributed by atoms with E-state index in [1.807, 2.05) is 0 Å². The summed E-state index contributed by atoms with van der Waals surface area (Å²) >= 11 is 5.77. The van der Waals surface area contributed by atoms with E-state index in [4.69, 9.17) is 17.3 Å². The van der Waals surface area contributed by atoms with Gasteiger partial charge in [-0.15, -0.1) is 0 Å². The molecule has 7 heteroatoms. The van der Waals surface area contributed by atoms with Gasteiger partial charge >= 0.3 is 0 Å². The molecule has 0 radical (unpaired) electrons. The maximum atomic E-state index is 13.9. The van der Waals surface area contributed by atoms with Crippen molar-refractivity contribution in [3.05, 3.63) is 52.1 Å². The molecule has 2 heterocycles. The van der Waals surface area contributed by atoms with Crippen LogP contribution in [0, 0.1) is 18.7 Å². The number of benzene rings is 1. The number of pyridine rings is 1. The lowest BCUT2D eigenvalue weighted by Gasteiger charge is -2.06. The van der Waals surface area contributed by atoms with E-state index in [9.17, 15) is 9.18 Å². The number of primary amides is 1. The number of aryl methyl sites for hydroxylation is 1. The third kappa shape index (κ3) is 3.22. The van der Waals surface area contributed by atoms with Crippen molar-refractivity contribution in [1.29, 1.82) is 0 Å². The Morgan fingerprint density at radius 1 is 1.36 bits per heavy atom. The number of rotatable bonds is 4. The molecule has 1 aromatic carbocycles. The first-order valence-corrected chi connectivity index (χ1v) is 8.30.